The summed E-state index contributed by atoms with van der Waals surface area (Å²) >= 11 is 12.4. The van der Waals surface area contributed by atoms with Crippen LogP contribution in [-0.2, 0) is 22.6 Å². The second-order valence-electron chi connectivity index (χ2n) is 8.53. The molecule has 2 aromatic rings. The Balaban J connectivity index is 1.83. The molecule has 31 heavy (non-hydrogen) atoms. The summed E-state index contributed by atoms with van der Waals surface area (Å²) in [5.74, 6) is -0.222. The number of amides is 2. The quantitative estimate of drug-likeness (QED) is 0.581. The molecule has 1 N–H and O–H groups in total. The van der Waals surface area contributed by atoms with Crippen molar-refractivity contribution in [2.45, 2.75) is 71.5 Å². The molecule has 1 fully saturated rings. The first-order chi connectivity index (χ1) is 14.7. The first kappa shape index (κ1) is 23.6. The molecule has 4 nitrogen and oxygen atoms in total. The van der Waals surface area contributed by atoms with Gasteiger partial charge in [-0.2, -0.15) is 0 Å². The third-order valence-electron chi connectivity index (χ3n) is 6.07. The summed E-state index contributed by atoms with van der Waals surface area (Å²) in [5.41, 5.74) is 3.90. The van der Waals surface area contributed by atoms with Gasteiger partial charge in [0, 0.05) is 22.6 Å². The summed E-state index contributed by atoms with van der Waals surface area (Å²) in [7, 11) is 0. The van der Waals surface area contributed by atoms with E-state index in [-0.39, 0.29) is 30.8 Å². The van der Waals surface area contributed by atoms with Crippen molar-refractivity contribution >= 4 is 35.0 Å². The van der Waals surface area contributed by atoms with Crippen LogP contribution >= 0.6 is 23.2 Å². The van der Waals surface area contributed by atoms with E-state index in [0.717, 1.165) is 47.9 Å². The van der Waals surface area contributed by atoms with Gasteiger partial charge in [-0.3, -0.25) is 9.59 Å². The fourth-order valence-electron chi connectivity index (χ4n) is 4.06. The minimum atomic E-state index is -0.607. The molecule has 0 aliphatic heterocycles. The predicted octanol–water partition coefficient (Wildman–Crippen LogP) is 5.63. The molecule has 0 spiro atoms. The highest BCUT2D eigenvalue weighted by Crippen LogP contribution is 2.24. The summed E-state index contributed by atoms with van der Waals surface area (Å²) in [6.45, 7) is 6.04. The lowest BCUT2D eigenvalue weighted by molar-refractivity contribution is -0.140. The SMILES string of the molecule is Cc1ccc(C)c(CC(=O)N(Cc2ccc(Cl)cc2Cl)[C@@H](C)C(=O)NC2CCCC2)c1. The maximum Gasteiger partial charge on any atom is 0.242 e. The lowest BCUT2D eigenvalue weighted by Crippen LogP contribution is -2.50. The zero-order valence-electron chi connectivity index (χ0n) is 18.4. The lowest BCUT2D eigenvalue weighted by atomic mass is 10.0. The summed E-state index contributed by atoms with van der Waals surface area (Å²) in [5, 5.41) is 4.14. The van der Waals surface area contributed by atoms with Gasteiger partial charge in [0.25, 0.3) is 0 Å². The van der Waals surface area contributed by atoms with E-state index in [4.69, 9.17) is 23.2 Å². The van der Waals surface area contributed by atoms with Crippen molar-refractivity contribution in [2.24, 2.45) is 0 Å². The molecule has 1 saturated carbocycles. The van der Waals surface area contributed by atoms with Gasteiger partial charge < -0.3 is 10.2 Å². The van der Waals surface area contributed by atoms with Crippen LogP contribution < -0.4 is 5.32 Å². The Hall–Kier alpha value is -2.04. The van der Waals surface area contributed by atoms with Gasteiger partial charge in [0.1, 0.15) is 6.04 Å². The number of hydrogen-bond donors (Lipinski definition) is 1. The molecule has 0 radical (unpaired) electrons. The minimum absolute atomic E-state index is 0.103. The molecule has 0 bridgehead atoms. The monoisotopic (exact) mass is 460 g/mol. The van der Waals surface area contributed by atoms with Crippen LogP contribution in [0, 0.1) is 13.8 Å². The maximum atomic E-state index is 13.4. The molecule has 6 heteroatoms. The molecule has 2 amide bonds. The Morgan fingerprint density at radius 2 is 1.77 bits per heavy atom. The van der Waals surface area contributed by atoms with Crippen LogP contribution in [-0.4, -0.2) is 28.8 Å². The van der Waals surface area contributed by atoms with Gasteiger partial charge in [0.15, 0.2) is 0 Å². The fourth-order valence-corrected chi connectivity index (χ4v) is 4.53. The van der Waals surface area contributed by atoms with Crippen LogP contribution in [0.4, 0.5) is 0 Å². The number of nitrogens with zero attached hydrogens (tertiary/aromatic N) is 1. The molecule has 3 rings (SSSR count). The highest BCUT2D eigenvalue weighted by Gasteiger charge is 2.29. The zero-order valence-corrected chi connectivity index (χ0v) is 19.9. The lowest BCUT2D eigenvalue weighted by Gasteiger charge is -2.30. The van der Waals surface area contributed by atoms with Gasteiger partial charge >= 0.3 is 0 Å². The van der Waals surface area contributed by atoms with E-state index < -0.39 is 6.04 Å². The molecule has 166 valence electrons. The summed E-state index contributed by atoms with van der Waals surface area (Å²) in [4.78, 5) is 28.0. The molecule has 0 saturated heterocycles. The Labute approximate surface area is 194 Å². The predicted molar refractivity (Wildman–Crippen MR) is 126 cm³/mol. The van der Waals surface area contributed by atoms with E-state index in [9.17, 15) is 9.59 Å². The number of nitrogens with one attached hydrogen (secondary N) is 1. The number of aryl methyl sites for hydroxylation is 2. The van der Waals surface area contributed by atoms with Crippen molar-refractivity contribution in [3.05, 3.63) is 68.7 Å². The average Bonchev–Trinajstić information content (AvgIpc) is 3.22. The first-order valence-electron chi connectivity index (χ1n) is 10.8. The van der Waals surface area contributed by atoms with E-state index in [0.29, 0.717) is 10.0 Å². The van der Waals surface area contributed by atoms with Crippen LogP contribution in [0.5, 0.6) is 0 Å². The molecular formula is C25H30Cl2N2O2. The van der Waals surface area contributed by atoms with E-state index in [2.05, 4.69) is 5.32 Å². The van der Waals surface area contributed by atoms with E-state index in [1.54, 1.807) is 24.0 Å². The molecular weight excluding hydrogens is 431 g/mol. The molecule has 1 aliphatic rings. The van der Waals surface area contributed by atoms with Gasteiger partial charge in [0.2, 0.25) is 11.8 Å². The molecule has 1 atom stereocenters. The van der Waals surface area contributed by atoms with Gasteiger partial charge in [-0.15, -0.1) is 0 Å². The van der Waals surface area contributed by atoms with E-state index in [1.807, 2.05) is 38.1 Å². The van der Waals surface area contributed by atoms with Gasteiger partial charge in [0.05, 0.1) is 6.42 Å². The molecule has 2 aromatic carbocycles. The smallest absolute Gasteiger partial charge is 0.242 e. The van der Waals surface area contributed by atoms with Gasteiger partial charge in [-0.1, -0.05) is 65.9 Å². The maximum absolute atomic E-state index is 13.4. The number of benzene rings is 2. The summed E-state index contributed by atoms with van der Waals surface area (Å²) < 4.78 is 0. The van der Waals surface area contributed by atoms with Crippen LogP contribution in [0.25, 0.3) is 0 Å². The van der Waals surface area contributed by atoms with Crippen molar-refractivity contribution in [1.29, 1.82) is 0 Å². The molecule has 1 aliphatic carbocycles. The minimum Gasteiger partial charge on any atom is -0.352 e. The Morgan fingerprint density at radius 3 is 2.45 bits per heavy atom. The van der Waals surface area contributed by atoms with Gasteiger partial charge in [-0.25, -0.2) is 0 Å². The van der Waals surface area contributed by atoms with Crippen molar-refractivity contribution in [3.8, 4) is 0 Å². The van der Waals surface area contributed by atoms with Crippen LogP contribution in [0.3, 0.4) is 0 Å². The van der Waals surface area contributed by atoms with Gasteiger partial charge in [-0.05, 0) is 62.4 Å². The standard InChI is InChI=1S/C25H30Cl2N2O2/c1-16-8-9-17(2)20(12-16)13-24(30)29(15-19-10-11-21(26)14-23(19)27)18(3)25(31)28-22-6-4-5-7-22/h8-12,14,18,22H,4-7,13,15H2,1-3H3,(H,28,31)/t18-/m0/s1. The number of carbonyl (C=O) groups excluding carboxylic acids is 2. The topological polar surface area (TPSA) is 49.4 Å². The zero-order chi connectivity index (χ0) is 22.5. The highest BCUT2D eigenvalue weighted by atomic mass is 35.5. The third kappa shape index (κ3) is 6.24. The second kappa shape index (κ2) is 10.5. The van der Waals surface area contributed by atoms with E-state index >= 15 is 0 Å². The molecule has 0 heterocycles. The largest absolute Gasteiger partial charge is 0.352 e. The van der Waals surface area contributed by atoms with Crippen molar-refractivity contribution < 1.29 is 9.59 Å². The van der Waals surface area contributed by atoms with Crippen LogP contribution in [0.2, 0.25) is 10.0 Å². The Bertz CT molecular complexity index is 955. The Morgan fingerprint density at radius 1 is 1.06 bits per heavy atom. The number of rotatable bonds is 7. The highest BCUT2D eigenvalue weighted by molar-refractivity contribution is 6.35. The second-order valence-corrected chi connectivity index (χ2v) is 9.37. The van der Waals surface area contributed by atoms with Crippen molar-refractivity contribution in [1.82, 2.24) is 10.2 Å². The van der Waals surface area contributed by atoms with Crippen molar-refractivity contribution in [2.75, 3.05) is 0 Å². The van der Waals surface area contributed by atoms with Crippen LogP contribution in [0.1, 0.15) is 54.9 Å². The fraction of sp³-hybridized carbons (Fsp3) is 0.440. The Kier molecular flexibility index (Phi) is 8.01. The summed E-state index contributed by atoms with van der Waals surface area (Å²) in [6.07, 6.45) is 4.50. The van der Waals surface area contributed by atoms with Crippen molar-refractivity contribution in [3.63, 3.8) is 0 Å². The normalized spacial score (nSPS) is 15.0. The molecule has 0 unspecified atom stereocenters. The first-order valence-corrected chi connectivity index (χ1v) is 11.6. The summed E-state index contributed by atoms with van der Waals surface area (Å²) in [6, 6.07) is 10.9. The average molecular weight is 461 g/mol. The third-order valence-corrected chi connectivity index (χ3v) is 6.66. The number of carbonyl (C=O) groups is 2. The number of hydrogen-bond acceptors (Lipinski definition) is 2. The van der Waals surface area contributed by atoms with E-state index in [1.165, 1.54) is 0 Å². The van der Waals surface area contributed by atoms with Crippen LogP contribution in [0.15, 0.2) is 36.4 Å². The molecule has 0 aromatic heterocycles. The number of halogens is 2.